The van der Waals surface area contributed by atoms with Gasteiger partial charge in [0.05, 0.1) is 22.9 Å². The number of halogens is 1. The Morgan fingerprint density at radius 2 is 2.14 bits per heavy atom. The number of aliphatic hydroxyl groups is 1. The van der Waals surface area contributed by atoms with Gasteiger partial charge in [0, 0.05) is 11.4 Å². The third kappa shape index (κ3) is 4.95. The lowest BCUT2D eigenvalue weighted by Gasteiger charge is -2.30. The largest absolute Gasteiger partial charge is 0.394 e. The van der Waals surface area contributed by atoms with Gasteiger partial charge in [-0.05, 0) is 45.0 Å². The van der Waals surface area contributed by atoms with Gasteiger partial charge in [0.2, 0.25) is 5.91 Å². The number of carbonyl (C=O) groups excluding carboxylic acids is 1. The van der Waals surface area contributed by atoms with Crippen molar-refractivity contribution in [2.45, 2.75) is 38.1 Å². The molecule has 0 aliphatic carbocycles. The number of carbonyl (C=O) groups is 1. The van der Waals surface area contributed by atoms with Gasteiger partial charge in [0.25, 0.3) is 0 Å². The van der Waals surface area contributed by atoms with E-state index >= 15 is 0 Å². The van der Waals surface area contributed by atoms with Crippen LogP contribution < -0.4 is 5.32 Å². The summed E-state index contributed by atoms with van der Waals surface area (Å²) in [7, 11) is 0. The number of thiophene rings is 1. The zero-order valence-corrected chi connectivity index (χ0v) is 13.9. The molecule has 0 saturated carbocycles. The van der Waals surface area contributed by atoms with E-state index in [0.29, 0.717) is 4.34 Å². The summed E-state index contributed by atoms with van der Waals surface area (Å²) < 4.78 is 0.691. The number of nitrogens with one attached hydrogen (secondary N) is 1. The van der Waals surface area contributed by atoms with Crippen LogP contribution in [-0.2, 0) is 4.79 Å². The van der Waals surface area contributed by atoms with Crippen LogP contribution in [0, 0.1) is 0 Å². The summed E-state index contributed by atoms with van der Waals surface area (Å²) in [4.78, 5) is 15.6. The van der Waals surface area contributed by atoms with Gasteiger partial charge in [-0.1, -0.05) is 18.0 Å². The van der Waals surface area contributed by atoms with Gasteiger partial charge in [-0.3, -0.25) is 4.79 Å². The quantitative estimate of drug-likeness (QED) is 0.842. The normalized spacial score (nSPS) is 19.2. The molecule has 2 unspecified atom stereocenters. The lowest BCUT2D eigenvalue weighted by atomic mass is 10.1. The van der Waals surface area contributed by atoms with Crippen molar-refractivity contribution in [2.24, 2.45) is 0 Å². The third-order valence-corrected chi connectivity index (χ3v) is 5.32. The first kappa shape index (κ1) is 16.7. The van der Waals surface area contributed by atoms with Crippen LogP contribution in [0.5, 0.6) is 0 Å². The SMILES string of the molecule is CC(C(=O)NC(CO)CN1CCCCC1)c1ccc(Cl)s1. The molecule has 1 saturated heterocycles. The summed E-state index contributed by atoms with van der Waals surface area (Å²) in [6.07, 6.45) is 3.69. The number of hydrogen-bond acceptors (Lipinski definition) is 4. The molecule has 2 N–H and O–H groups in total. The smallest absolute Gasteiger partial charge is 0.228 e. The van der Waals surface area contributed by atoms with Gasteiger partial charge in [0.1, 0.15) is 0 Å². The van der Waals surface area contributed by atoms with Crippen LogP contribution in [0.1, 0.15) is 37.0 Å². The Kier molecular flexibility index (Phi) is 6.48. The van der Waals surface area contributed by atoms with Crippen molar-refractivity contribution < 1.29 is 9.90 Å². The predicted molar refractivity (Wildman–Crippen MR) is 87.1 cm³/mol. The second-order valence-corrected chi connectivity index (χ2v) is 7.36. The average Bonchev–Trinajstić information content (AvgIpc) is 2.93. The van der Waals surface area contributed by atoms with Crippen LogP contribution in [0.4, 0.5) is 0 Å². The van der Waals surface area contributed by atoms with Crippen LogP contribution >= 0.6 is 22.9 Å². The van der Waals surface area contributed by atoms with Gasteiger partial charge in [-0.15, -0.1) is 11.3 Å². The van der Waals surface area contributed by atoms with Gasteiger partial charge < -0.3 is 15.3 Å². The van der Waals surface area contributed by atoms with Crippen molar-refractivity contribution in [3.05, 3.63) is 21.3 Å². The van der Waals surface area contributed by atoms with Gasteiger partial charge in [0.15, 0.2) is 0 Å². The minimum absolute atomic E-state index is 0.0276. The second kappa shape index (κ2) is 8.13. The molecule has 1 aromatic heterocycles. The molecule has 21 heavy (non-hydrogen) atoms. The minimum atomic E-state index is -0.238. The van der Waals surface area contributed by atoms with E-state index in [1.54, 1.807) is 0 Å². The molecule has 2 heterocycles. The number of hydrogen-bond donors (Lipinski definition) is 2. The van der Waals surface area contributed by atoms with Crippen LogP contribution in [-0.4, -0.2) is 48.2 Å². The first-order chi connectivity index (χ1) is 10.1. The summed E-state index contributed by atoms with van der Waals surface area (Å²) in [5.41, 5.74) is 0. The number of amides is 1. The molecule has 118 valence electrons. The minimum Gasteiger partial charge on any atom is -0.394 e. The van der Waals surface area contributed by atoms with E-state index < -0.39 is 0 Å². The summed E-state index contributed by atoms with van der Waals surface area (Å²) in [6.45, 7) is 4.68. The number of likely N-dealkylation sites (tertiary alicyclic amines) is 1. The maximum Gasteiger partial charge on any atom is 0.228 e. The summed E-state index contributed by atoms with van der Waals surface area (Å²) in [5.74, 6) is -0.289. The van der Waals surface area contributed by atoms with Gasteiger partial charge in [-0.2, -0.15) is 0 Å². The number of aliphatic hydroxyl groups excluding tert-OH is 1. The summed E-state index contributed by atoms with van der Waals surface area (Å²) in [5, 5.41) is 12.5. The Bertz CT molecular complexity index is 460. The fourth-order valence-corrected chi connectivity index (χ4v) is 3.73. The summed E-state index contributed by atoms with van der Waals surface area (Å²) >= 11 is 7.34. The van der Waals surface area contributed by atoms with Crippen molar-refractivity contribution in [3.63, 3.8) is 0 Å². The highest BCUT2D eigenvalue weighted by Gasteiger charge is 2.22. The molecular weight excluding hydrogens is 308 g/mol. The highest BCUT2D eigenvalue weighted by atomic mass is 35.5. The fraction of sp³-hybridized carbons (Fsp3) is 0.667. The van der Waals surface area contributed by atoms with Gasteiger partial charge in [-0.25, -0.2) is 0 Å². The zero-order chi connectivity index (χ0) is 15.2. The Labute approximate surface area is 135 Å². The van der Waals surface area contributed by atoms with E-state index in [0.717, 1.165) is 24.5 Å². The predicted octanol–water partition coefficient (Wildman–Crippen LogP) is 2.47. The first-order valence-corrected chi connectivity index (χ1v) is 8.68. The second-order valence-electron chi connectivity index (χ2n) is 5.61. The molecule has 0 bridgehead atoms. The van der Waals surface area contributed by atoms with Crippen molar-refractivity contribution in [1.82, 2.24) is 10.2 Å². The lowest BCUT2D eigenvalue weighted by Crippen LogP contribution is -2.48. The monoisotopic (exact) mass is 330 g/mol. The highest BCUT2D eigenvalue weighted by molar-refractivity contribution is 7.16. The van der Waals surface area contributed by atoms with Gasteiger partial charge >= 0.3 is 0 Å². The van der Waals surface area contributed by atoms with Crippen molar-refractivity contribution in [1.29, 1.82) is 0 Å². The van der Waals surface area contributed by atoms with Crippen LogP contribution in [0.2, 0.25) is 4.34 Å². The van der Waals surface area contributed by atoms with E-state index in [1.807, 2.05) is 19.1 Å². The van der Waals surface area contributed by atoms with Crippen molar-refractivity contribution >= 4 is 28.8 Å². The Hall–Kier alpha value is -0.620. The molecule has 0 radical (unpaired) electrons. The molecule has 1 fully saturated rings. The Morgan fingerprint density at radius 1 is 1.43 bits per heavy atom. The van der Waals surface area contributed by atoms with Crippen molar-refractivity contribution in [3.8, 4) is 0 Å². The number of nitrogens with zero attached hydrogens (tertiary/aromatic N) is 1. The maximum atomic E-state index is 12.3. The molecule has 0 spiro atoms. The summed E-state index contributed by atoms with van der Waals surface area (Å²) in [6, 6.07) is 3.49. The van der Waals surface area contributed by atoms with E-state index in [9.17, 15) is 9.90 Å². The molecule has 6 heteroatoms. The highest BCUT2D eigenvalue weighted by Crippen LogP contribution is 2.28. The molecule has 1 aromatic rings. The fourth-order valence-electron chi connectivity index (χ4n) is 2.62. The Balaban J connectivity index is 1.86. The molecule has 2 rings (SSSR count). The van der Waals surface area contributed by atoms with Crippen molar-refractivity contribution in [2.75, 3.05) is 26.2 Å². The molecule has 1 amide bonds. The molecular formula is C15H23ClN2O2S. The lowest BCUT2D eigenvalue weighted by molar-refractivity contribution is -0.123. The van der Waals surface area contributed by atoms with Crippen LogP contribution in [0.25, 0.3) is 0 Å². The molecule has 1 aliphatic heterocycles. The number of rotatable bonds is 6. The maximum absolute atomic E-state index is 12.3. The van der Waals surface area contributed by atoms with Crippen LogP contribution in [0.15, 0.2) is 12.1 Å². The molecule has 2 atom stereocenters. The molecule has 1 aliphatic rings. The van der Waals surface area contributed by atoms with E-state index in [4.69, 9.17) is 11.6 Å². The van der Waals surface area contributed by atoms with E-state index in [2.05, 4.69) is 10.2 Å². The zero-order valence-electron chi connectivity index (χ0n) is 12.3. The molecule has 0 aromatic carbocycles. The van der Waals surface area contributed by atoms with Crippen LogP contribution in [0.3, 0.4) is 0 Å². The van der Waals surface area contributed by atoms with E-state index in [1.165, 1.54) is 30.6 Å². The van der Waals surface area contributed by atoms with E-state index in [-0.39, 0.29) is 24.5 Å². The number of piperidine rings is 1. The average molecular weight is 331 g/mol. The Morgan fingerprint density at radius 3 is 2.71 bits per heavy atom. The third-order valence-electron chi connectivity index (χ3n) is 3.91. The molecule has 4 nitrogen and oxygen atoms in total. The first-order valence-electron chi connectivity index (χ1n) is 7.49. The topological polar surface area (TPSA) is 52.6 Å². The standard InChI is InChI=1S/C15H23ClN2O2S/c1-11(13-5-6-14(16)21-13)15(20)17-12(10-19)9-18-7-3-2-4-8-18/h5-6,11-12,19H,2-4,7-10H2,1H3,(H,17,20).